The van der Waals surface area contributed by atoms with Gasteiger partial charge >= 0.3 is 5.97 Å². The number of methoxy groups -OCH3 is 1. The molecule has 4 heterocycles. The molecular weight excluding hydrogens is 626 g/mol. The maximum Gasteiger partial charge on any atom is 0.313 e. The Balaban J connectivity index is 1.47. The van der Waals surface area contributed by atoms with Gasteiger partial charge < -0.3 is 34.0 Å². The number of esters is 1. The molecular formula is C38H45N3O8. The molecule has 0 unspecified atom stereocenters. The zero-order valence-corrected chi connectivity index (χ0v) is 28.6. The van der Waals surface area contributed by atoms with E-state index in [1.165, 1.54) is 4.90 Å². The number of ether oxygens (including phenoxy) is 3. The molecule has 3 amide bonds. The number of allylic oxidation sites excluding steroid dienone is 1. The number of rotatable bonds is 6. The average molecular weight is 672 g/mol. The van der Waals surface area contributed by atoms with Crippen molar-refractivity contribution in [2.45, 2.75) is 69.5 Å². The SMILES string of the molecule is COc1ccc(N2CC=C[C@@]34O[C@H]5/C=C\CCC(=O)N(C)[C@@H](C)[C@H](c6ccccc6)OC(=O)[C@H]5[C@@H]3C(=O)N([C@@H](CO)C(C)C)[C@H]4C2=O)cc1. The van der Waals surface area contributed by atoms with E-state index in [2.05, 4.69) is 0 Å². The third-order valence-corrected chi connectivity index (χ3v) is 10.6. The number of likely N-dealkylation sites (tertiary alicyclic amines) is 1. The summed E-state index contributed by atoms with van der Waals surface area (Å²) in [5.74, 6) is -3.39. The quantitative estimate of drug-likeness (QED) is 0.365. The van der Waals surface area contributed by atoms with Crippen molar-refractivity contribution in [2.24, 2.45) is 17.8 Å². The number of fused-ring (bicyclic) bond motifs is 2. The van der Waals surface area contributed by atoms with Crippen LogP contribution in [0.4, 0.5) is 5.69 Å². The van der Waals surface area contributed by atoms with Crippen molar-refractivity contribution < 1.29 is 38.5 Å². The Hall–Kier alpha value is -4.48. The van der Waals surface area contributed by atoms with Gasteiger partial charge in [0.25, 0.3) is 5.91 Å². The molecule has 0 aromatic heterocycles. The number of amides is 3. The molecule has 4 aliphatic rings. The van der Waals surface area contributed by atoms with Crippen molar-refractivity contribution in [2.75, 3.05) is 32.2 Å². The van der Waals surface area contributed by atoms with Gasteiger partial charge in [0.2, 0.25) is 11.8 Å². The highest BCUT2D eigenvalue weighted by molar-refractivity contribution is 6.05. The summed E-state index contributed by atoms with van der Waals surface area (Å²) in [5, 5.41) is 10.6. The lowest BCUT2D eigenvalue weighted by Gasteiger charge is -2.39. The molecule has 2 saturated heterocycles. The summed E-state index contributed by atoms with van der Waals surface area (Å²) >= 11 is 0. The van der Waals surface area contributed by atoms with Crippen LogP contribution in [0, 0.1) is 17.8 Å². The number of nitrogens with zero attached hydrogens (tertiary/aromatic N) is 3. The van der Waals surface area contributed by atoms with Crippen LogP contribution in [0.25, 0.3) is 0 Å². The van der Waals surface area contributed by atoms with Crippen molar-refractivity contribution in [1.29, 1.82) is 0 Å². The predicted octanol–water partition coefficient (Wildman–Crippen LogP) is 3.68. The number of aliphatic hydroxyl groups excluding tert-OH is 1. The lowest BCUT2D eigenvalue weighted by atomic mass is 9.77. The predicted molar refractivity (Wildman–Crippen MR) is 181 cm³/mol. The van der Waals surface area contributed by atoms with Crippen molar-refractivity contribution in [3.05, 3.63) is 84.5 Å². The summed E-state index contributed by atoms with van der Waals surface area (Å²) in [6, 6.07) is 13.9. The van der Waals surface area contributed by atoms with Gasteiger partial charge in [0.1, 0.15) is 29.4 Å². The van der Waals surface area contributed by atoms with Gasteiger partial charge in [-0.05, 0) is 49.1 Å². The van der Waals surface area contributed by atoms with E-state index in [-0.39, 0.29) is 37.3 Å². The summed E-state index contributed by atoms with van der Waals surface area (Å²) in [4.78, 5) is 62.0. The fraction of sp³-hybridized carbons (Fsp3) is 0.474. The maximum atomic E-state index is 14.9. The summed E-state index contributed by atoms with van der Waals surface area (Å²) in [6.45, 7) is 5.42. The molecule has 8 atom stereocenters. The van der Waals surface area contributed by atoms with Crippen molar-refractivity contribution >= 4 is 29.4 Å². The largest absolute Gasteiger partial charge is 0.497 e. The Bertz CT molecular complexity index is 1620. The number of anilines is 1. The van der Waals surface area contributed by atoms with Crippen molar-refractivity contribution in [3.63, 3.8) is 0 Å². The Kier molecular flexibility index (Phi) is 9.68. The Labute approximate surface area is 287 Å². The average Bonchev–Trinajstić information content (AvgIpc) is 3.49. The first-order valence-corrected chi connectivity index (χ1v) is 17.0. The number of carbonyl (C=O) groups excluding carboxylic acids is 4. The topological polar surface area (TPSA) is 126 Å². The number of hydrogen-bond donors (Lipinski definition) is 1. The van der Waals surface area contributed by atoms with Crippen molar-refractivity contribution in [1.82, 2.24) is 9.80 Å². The minimum Gasteiger partial charge on any atom is -0.497 e. The summed E-state index contributed by atoms with van der Waals surface area (Å²) in [7, 11) is 3.26. The fourth-order valence-corrected chi connectivity index (χ4v) is 7.80. The normalized spacial score (nSPS) is 31.7. The molecule has 0 bridgehead atoms. The minimum absolute atomic E-state index is 0.0976. The molecule has 6 rings (SSSR count). The van der Waals surface area contributed by atoms with Crippen molar-refractivity contribution in [3.8, 4) is 5.75 Å². The molecule has 2 fully saturated rings. The molecule has 1 spiro atoms. The van der Waals surface area contributed by atoms with E-state index >= 15 is 0 Å². The van der Waals surface area contributed by atoms with E-state index < -0.39 is 59.6 Å². The summed E-state index contributed by atoms with van der Waals surface area (Å²) < 4.78 is 18.5. The van der Waals surface area contributed by atoms with Gasteiger partial charge in [-0.2, -0.15) is 0 Å². The van der Waals surface area contributed by atoms with Crippen LogP contribution in [0.3, 0.4) is 0 Å². The third kappa shape index (κ3) is 5.93. The zero-order chi connectivity index (χ0) is 35.0. The van der Waals surface area contributed by atoms with E-state index in [1.54, 1.807) is 72.5 Å². The highest BCUT2D eigenvalue weighted by atomic mass is 16.6. The van der Waals surface area contributed by atoms with E-state index in [1.807, 2.05) is 51.1 Å². The molecule has 0 saturated carbocycles. The third-order valence-electron chi connectivity index (χ3n) is 10.6. The van der Waals surface area contributed by atoms with E-state index in [0.29, 0.717) is 23.4 Å². The first-order valence-electron chi connectivity index (χ1n) is 17.0. The number of hydrogen-bond acceptors (Lipinski definition) is 8. The molecule has 0 radical (unpaired) electrons. The minimum atomic E-state index is -1.53. The molecule has 49 heavy (non-hydrogen) atoms. The van der Waals surface area contributed by atoms with Crippen LogP contribution < -0.4 is 9.64 Å². The van der Waals surface area contributed by atoms with Crippen LogP contribution in [0.15, 0.2) is 78.9 Å². The molecule has 4 aliphatic heterocycles. The second-order valence-corrected chi connectivity index (χ2v) is 13.6. The Morgan fingerprint density at radius 3 is 2.37 bits per heavy atom. The Morgan fingerprint density at radius 2 is 1.71 bits per heavy atom. The number of aliphatic hydroxyl groups is 1. The summed E-state index contributed by atoms with van der Waals surface area (Å²) in [5.41, 5.74) is -0.222. The first kappa shape index (κ1) is 34.4. The standard InChI is InChI=1S/C38H45N3O8/c1-23(2)28(22-42)41-34-36(45)40(26-16-18-27(47-5)19-17-26)21-11-20-38(34)32(35(41)44)31-29(49-38)14-9-10-15-30(43)39(4)24(3)33(48-37(31)46)25-12-7-6-8-13-25/h6-9,11-14,16-20,23-24,28-29,31-34,42H,10,15,21-22H2,1-5H3/b14-9-/t24-,28-,29-,31+,32+,33+,34-,38+/m0/s1. The van der Waals surface area contributed by atoms with Gasteiger partial charge in [-0.3, -0.25) is 19.2 Å². The summed E-state index contributed by atoms with van der Waals surface area (Å²) in [6.07, 6.45) is 5.97. The molecule has 0 aliphatic carbocycles. The molecule has 260 valence electrons. The molecule has 11 heteroatoms. The van der Waals surface area contributed by atoms with Crippen LogP contribution in [0.1, 0.15) is 45.3 Å². The zero-order valence-electron chi connectivity index (χ0n) is 28.6. The van der Waals surface area contributed by atoms with Crippen LogP contribution in [-0.2, 0) is 28.7 Å². The number of cyclic esters (lactones) is 1. The monoisotopic (exact) mass is 671 g/mol. The smallest absolute Gasteiger partial charge is 0.313 e. The van der Waals surface area contributed by atoms with Gasteiger partial charge in [0.15, 0.2) is 0 Å². The fourth-order valence-electron chi connectivity index (χ4n) is 7.80. The molecule has 11 nitrogen and oxygen atoms in total. The van der Waals surface area contributed by atoms with Gasteiger partial charge in [-0.1, -0.05) is 68.5 Å². The van der Waals surface area contributed by atoms with Crippen LogP contribution in [0.5, 0.6) is 5.75 Å². The highest BCUT2D eigenvalue weighted by Gasteiger charge is 2.72. The lowest BCUT2D eigenvalue weighted by molar-refractivity contribution is -0.164. The molecule has 2 aromatic carbocycles. The van der Waals surface area contributed by atoms with E-state index in [0.717, 1.165) is 0 Å². The number of benzene rings is 2. The number of carbonyl (C=O) groups is 4. The van der Waals surface area contributed by atoms with Crippen LogP contribution in [-0.4, -0.2) is 95.7 Å². The first-order chi connectivity index (χ1) is 23.5. The number of likely N-dealkylation sites (N-methyl/N-ethyl adjacent to an activating group) is 1. The van der Waals surface area contributed by atoms with Gasteiger partial charge in [-0.25, -0.2) is 0 Å². The van der Waals surface area contributed by atoms with Gasteiger partial charge in [-0.15, -0.1) is 0 Å². The second kappa shape index (κ2) is 13.8. The Morgan fingerprint density at radius 1 is 1.00 bits per heavy atom. The van der Waals surface area contributed by atoms with Crippen LogP contribution in [0.2, 0.25) is 0 Å². The molecule has 1 N–H and O–H groups in total. The maximum absolute atomic E-state index is 14.9. The van der Waals surface area contributed by atoms with Gasteiger partial charge in [0.05, 0.1) is 37.8 Å². The van der Waals surface area contributed by atoms with E-state index in [9.17, 15) is 24.3 Å². The van der Waals surface area contributed by atoms with Gasteiger partial charge in [0, 0.05) is 25.7 Å². The molecule has 2 aromatic rings. The second-order valence-electron chi connectivity index (χ2n) is 13.6. The lowest BCUT2D eigenvalue weighted by Crippen LogP contribution is -2.59. The van der Waals surface area contributed by atoms with Crippen LogP contribution >= 0.6 is 0 Å². The van der Waals surface area contributed by atoms with E-state index in [4.69, 9.17) is 14.2 Å². The highest BCUT2D eigenvalue weighted by Crippen LogP contribution is 2.54.